The number of fused-ring (bicyclic) bond motifs is 1. The van der Waals surface area contributed by atoms with E-state index in [9.17, 15) is 4.79 Å². The molecule has 1 aromatic heterocycles. The number of hydrogen-bond acceptors (Lipinski definition) is 4. The zero-order valence-corrected chi connectivity index (χ0v) is 17.6. The standard InChI is InChI=1S/C25H20ClN3O2/c1-17(31-22-13-11-19(12-14-22)18-7-3-2-4-8-18)25(30)29-27-16-21-15-20-9-5-6-10-23(20)28-24(21)26/h2-17H,1H3,(H,29,30). The van der Waals surface area contributed by atoms with Gasteiger partial charge in [0.05, 0.1) is 11.7 Å². The Balaban J connectivity index is 1.36. The summed E-state index contributed by atoms with van der Waals surface area (Å²) < 4.78 is 5.73. The largest absolute Gasteiger partial charge is 0.481 e. The maximum absolute atomic E-state index is 12.3. The third-order valence-corrected chi connectivity index (χ3v) is 5.03. The van der Waals surface area contributed by atoms with Crippen LogP contribution in [0, 0.1) is 0 Å². The molecule has 0 saturated carbocycles. The van der Waals surface area contributed by atoms with Crippen molar-refractivity contribution in [1.29, 1.82) is 0 Å². The molecule has 1 N–H and O–H groups in total. The van der Waals surface area contributed by atoms with E-state index in [1.165, 1.54) is 6.21 Å². The third-order valence-electron chi connectivity index (χ3n) is 4.73. The van der Waals surface area contributed by atoms with Crippen molar-refractivity contribution in [2.24, 2.45) is 5.10 Å². The average molecular weight is 430 g/mol. The molecule has 4 aromatic rings. The molecule has 3 aromatic carbocycles. The Morgan fingerprint density at radius 1 is 1.00 bits per heavy atom. The van der Waals surface area contributed by atoms with Crippen molar-refractivity contribution in [3.05, 3.63) is 95.6 Å². The number of amides is 1. The Morgan fingerprint density at radius 3 is 2.45 bits per heavy atom. The Kier molecular flexibility index (Phi) is 6.24. The monoisotopic (exact) mass is 429 g/mol. The van der Waals surface area contributed by atoms with Gasteiger partial charge < -0.3 is 4.74 Å². The second-order valence-electron chi connectivity index (χ2n) is 6.95. The first-order chi connectivity index (χ1) is 15.1. The number of para-hydroxylation sites is 1. The lowest BCUT2D eigenvalue weighted by Gasteiger charge is -2.13. The molecule has 0 bridgehead atoms. The van der Waals surface area contributed by atoms with Crippen LogP contribution in [0.25, 0.3) is 22.0 Å². The van der Waals surface area contributed by atoms with Gasteiger partial charge in [-0.05, 0) is 42.3 Å². The smallest absolute Gasteiger partial charge is 0.280 e. The first kappa shape index (κ1) is 20.6. The number of halogens is 1. The lowest BCUT2D eigenvalue weighted by molar-refractivity contribution is -0.127. The third kappa shape index (κ3) is 5.08. The Morgan fingerprint density at radius 2 is 1.68 bits per heavy atom. The first-order valence-corrected chi connectivity index (χ1v) is 10.2. The van der Waals surface area contributed by atoms with Crippen LogP contribution in [0.5, 0.6) is 5.75 Å². The number of benzene rings is 3. The predicted octanol–water partition coefficient (Wildman–Crippen LogP) is 5.47. The predicted molar refractivity (Wildman–Crippen MR) is 124 cm³/mol. The minimum Gasteiger partial charge on any atom is -0.481 e. The molecule has 6 heteroatoms. The molecule has 154 valence electrons. The maximum Gasteiger partial charge on any atom is 0.280 e. The number of pyridine rings is 1. The van der Waals surface area contributed by atoms with E-state index in [1.54, 1.807) is 6.92 Å². The molecule has 0 aliphatic heterocycles. The maximum atomic E-state index is 12.3. The summed E-state index contributed by atoms with van der Waals surface area (Å²) in [6.07, 6.45) is 0.756. The van der Waals surface area contributed by atoms with Crippen LogP contribution in [0.2, 0.25) is 5.15 Å². The lowest BCUT2D eigenvalue weighted by Crippen LogP contribution is -2.33. The lowest BCUT2D eigenvalue weighted by atomic mass is 10.1. The van der Waals surface area contributed by atoms with Gasteiger partial charge >= 0.3 is 0 Å². The summed E-state index contributed by atoms with van der Waals surface area (Å²) >= 11 is 6.21. The fraction of sp³-hybridized carbons (Fsp3) is 0.0800. The SMILES string of the molecule is CC(Oc1ccc(-c2ccccc2)cc1)C(=O)NN=Cc1cc2ccccc2nc1Cl. The Hall–Kier alpha value is -3.70. The molecule has 1 atom stereocenters. The number of nitrogens with zero attached hydrogens (tertiary/aromatic N) is 2. The van der Waals surface area contributed by atoms with Crippen LogP contribution in [0.1, 0.15) is 12.5 Å². The molecule has 0 saturated heterocycles. The summed E-state index contributed by atoms with van der Waals surface area (Å²) in [6, 6.07) is 27.2. The van der Waals surface area contributed by atoms with Crippen molar-refractivity contribution < 1.29 is 9.53 Å². The summed E-state index contributed by atoms with van der Waals surface area (Å²) in [5.41, 5.74) is 6.10. The van der Waals surface area contributed by atoms with E-state index in [4.69, 9.17) is 16.3 Å². The molecule has 1 amide bonds. The Bertz CT molecular complexity index is 1220. The Labute approximate surface area is 185 Å². The number of aromatic nitrogens is 1. The minimum atomic E-state index is -0.718. The van der Waals surface area contributed by atoms with Crippen LogP contribution in [0.4, 0.5) is 0 Å². The van der Waals surface area contributed by atoms with Crippen LogP contribution in [-0.2, 0) is 4.79 Å². The molecule has 0 aliphatic rings. The van der Waals surface area contributed by atoms with Gasteiger partial charge in [-0.15, -0.1) is 0 Å². The number of rotatable bonds is 6. The summed E-state index contributed by atoms with van der Waals surface area (Å²) in [7, 11) is 0. The number of hydrogen-bond donors (Lipinski definition) is 1. The molecule has 31 heavy (non-hydrogen) atoms. The van der Waals surface area contributed by atoms with Crippen molar-refractivity contribution in [2.45, 2.75) is 13.0 Å². The highest BCUT2D eigenvalue weighted by Gasteiger charge is 2.14. The molecule has 4 rings (SSSR count). The quantitative estimate of drug-likeness (QED) is 0.251. The van der Waals surface area contributed by atoms with Gasteiger partial charge in [-0.2, -0.15) is 5.10 Å². The summed E-state index contributed by atoms with van der Waals surface area (Å²) in [4.78, 5) is 16.7. The highest BCUT2D eigenvalue weighted by atomic mass is 35.5. The van der Waals surface area contributed by atoms with E-state index in [1.807, 2.05) is 84.9 Å². The highest BCUT2D eigenvalue weighted by molar-refractivity contribution is 6.32. The summed E-state index contributed by atoms with van der Waals surface area (Å²) in [5, 5.41) is 5.26. The van der Waals surface area contributed by atoms with Crippen LogP contribution in [0.15, 0.2) is 90.0 Å². The second kappa shape index (κ2) is 9.41. The molecule has 0 fully saturated rings. The van der Waals surface area contributed by atoms with Gasteiger partial charge in [0.15, 0.2) is 6.10 Å². The van der Waals surface area contributed by atoms with Crippen molar-refractivity contribution in [1.82, 2.24) is 10.4 Å². The zero-order chi connectivity index (χ0) is 21.6. The molecule has 0 spiro atoms. The topological polar surface area (TPSA) is 63.6 Å². The fourth-order valence-electron chi connectivity index (χ4n) is 3.07. The zero-order valence-electron chi connectivity index (χ0n) is 16.8. The van der Waals surface area contributed by atoms with E-state index < -0.39 is 6.10 Å². The first-order valence-electron chi connectivity index (χ1n) is 9.80. The van der Waals surface area contributed by atoms with Crippen molar-refractivity contribution >= 4 is 34.6 Å². The number of carbonyl (C=O) groups excluding carboxylic acids is 1. The molecule has 0 aliphatic carbocycles. The van der Waals surface area contributed by atoms with Crippen LogP contribution in [-0.4, -0.2) is 23.2 Å². The van der Waals surface area contributed by atoms with Gasteiger partial charge in [-0.3, -0.25) is 4.79 Å². The van der Waals surface area contributed by atoms with Gasteiger partial charge in [0.25, 0.3) is 5.91 Å². The van der Waals surface area contributed by atoms with Crippen LogP contribution < -0.4 is 10.2 Å². The van der Waals surface area contributed by atoms with Crippen molar-refractivity contribution in [2.75, 3.05) is 0 Å². The molecular weight excluding hydrogens is 410 g/mol. The summed E-state index contributed by atoms with van der Waals surface area (Å²) in [6.45, 7) is 1.67. The van der Waals surface area contributed by atoms with Crippen molar-refractivity contribution in [3.8, 4) is 16.9 Å². The number of nitrogens with one attached hydrogen (secondary N) is 1. The number of hydrazone groups is 1. The fourth-order valence-corrected chi connectivity index (χ4v) is 3.26. The van der Waals surface area contributed by atoms with E-state index in [0.717, 1.165) is 22.0 Å². The van der Waals surface area contributed by atoms with Gasteiger partial charge in [-0.25, -0.2) is 10.4 Å². The van der Waals surface area contributed by atoms with Crippen molar-refractivity contribution in [3.63, 3.8) is 0 Å². The molecule has 1 heterocycles. The highest BCUT2D eigenvalue weighted by Crippen LogP contribution is 2.23. The second-order valence-corrected chi connectivity index (χ2v) is 7.30. The number of ether oxygens (including phenoxy) is 1. The normalized spacial score (nSPS) is 12.1. The van der Waals surface area contributed by atoms with Crippen LogP contribution in [0.3, 0.4) is 0 Å². The molecule has 5 nitrogen and oxygen atoms in total. The minimum absolute atomic E-state index is 0.319. The molecule has 1 unspecified atom stereocenters. The van der Waals surface area contributed by atoms with Gasteiger partial charge in [0.1, 0.15) is 10.9 Å². The molecule has 0 radical (unpaired) electrons. The van der Waals surface area contributed by atoms with E-state index >= 15 is 0 Å². The van der Waals surface area contributed by atoms with E-state index in [-0.39, 0.29) is 5.91 Å². The van der Waals surface area contributed by atoms with Gasteiger partial charge in [0, 0.05) is 10.9 Å². The van der Waals surface area contributed by atoms with Gasteiger partial charge in [-0.1, -0.05) is 72.3 Å². The van der Waals surface area contributed by atoms with E-state index in [0.29, 0.717) is 16.5 Å². The molecular formula is C25H20ClN3O2. The average Bonchev–Trinajstić information content (AvgIpc) is 2.80. The number of carbonyl (C=O) groups is 1. The van der Waals surface area contributed by atoms with Crippen LogP contribution >= 0.6 is 11.6 Å². The van der Waals surface area contributed by atoms with Gasteiger partial charge in [0.2, 0.25) is 0 Å². The van der Waals surface area contributed by atoms with E-state index in [2.05, 4.69) is 15.5 Å². The summed E-state index contributed by atoms with van der Waals surface area (Å²) in [5.74, 6) is 0.237.